The molecule has 0 radical (unpaired) electrons. The number of nitrogens with zero attached hydrogens (tertiary/aromatic N) is 1. The fourth-order valence-corrected chi connectivity index (χ4v) is 2.04. The van der Waals surface area contributed by atoms with Crippen molar-refractivity contribution in [2.75, 3.05) is 12.4 Å². The van der Waals surface area contributed by atoms with Gasteiger partial charge < -0.3 is 10.6 Å². The summed E-state index contributed by atoms with van der Waals surface area (Å²) in [5.41, 5.74) is 1.49. The van der Waals surface area contributed by atoms with E-state index in [0.717, 1.165) is 16.5 Å². The Balaban J connectivity index is 2.46. The van der Waals surface area contributed by atoms with Crippen LogP contribution in [0.1, 0.15) is 12.5 Å². The molecular formula is C15H15N3O. The molecular weight excluding hydrogens is 238 g/mol. The SMILES string of the molecule is CNC(=O)C(C)Nc1ccc(C#N)c2ccccc12. The molecule has 0 saturated carbocycles. The zero-order chi connectivity index (χ0) is 13.8. The Morgan fingerprint density at radius 2 is 1.89 bits per heavy atom. The van der Waals surface area contributed by atoms with Crippen molar-refractivity contribution in [3.63, 3.8) is 0 Å². The molecule has 4 nitrogen and oxygen atoms in total. The first-order chi connectivity index (χ1) is 9.17. The quantitative estimate of drug-likeness (QED) is 0.881. The lowest BCUT2D eigenvalue weighted by molar-refractivity contribution is -0.121. The van der Waals surface area contributed by atoms with E-state index in [2.05, 4.69) is 16.7 Å². The highest BCUT2D eigenvalue weighted by molar-refractivity contribution is 5.98. The zero-order valence-corrected chi connectivity index (χ0v) is 10.9. The van der Waals surface area contributed by atoms with E-state index in [4.69, 9.17) is 5.26 Å². The number of benzene rings is 2. The van der Waals surface area contributed by atoms with Gasteiger partial charge in [0, 0.05) is 23.5 Å². The number of carbonyl (C=O) groups excluding carboxylic acids is 1. The van der Waals surface area contributed by atoms with Gasteiger partial charge in [-0.3, -0.25) is 4.79 Å². The standard InChI is InChI=1S/C15H15N3O/c1-10(15(19)17-2)18-14-8-7-11(9-16)12-5-3-4-6-13(12)14/h3-8,10,18H,1-2H3,(H,17,19). The van der Waals surface area contributed by atoms with Crippen molar-refractivity contribution in [1.82, 2.24) is 5.32 Å². The molecule has 0 aliphatic rings. The van der Waals surface area contributed by atoms with Crippen LogP contribution in [0.4, 0.5) is 5.69 Å². The number of hydrogen-bond acceptors (Lipinski definition) is 3. The summed E-state index contributed by atoms with van der Waals surface area (Å²) in [5.74, 6) is -0.0755. The van der Waals surface area contributed by atoms with Crippen LogP contribution in [0.15, 0.2) is 36.4 Å². The Kier molecular flexibility index (Phi) is 3.67. The topological polar surface area (TPSA) is 64.9 Å². The van der Waals surface area contributed by atoms with Crippen molar-refractivity contribution in [3.05, 3.63) is 42.0 Å². The van der Waals surface area contributed by atoms with Gasteiger partial charge in [-0.25, -0.2) is 0 Å². The molecule has 96 valence electrons. The van der Waals surface area contributed by atoms with Crippen molar-refractivity contribution in [2.24, 2.45) is 0 Å². The van der Waals surface area contributed by atoms with Crippen molar-refractivity contribution < 1.29 is 4.79 Å². The molecule has 2 aromatic carbocycles. The summed E-state index contributed by atoms with van der Waals surface area (Å²) in [6.07, 6.45) is 0. The molecule has 0 aromatic heterocycles. The predicted molar refractivity (Wildman–Crippen MR) is 75.8 cm³/mol. The van der Waals surface area contributed by atoms with Gasteiger partial charge in [-0.2, -0.15) is 5.26 Å². The third-order valence-electron chi connectivity index (χ3n) is 3.06. The van der Waals surface area contributed by atoms with Crippen LogP contribution in [0.25, 0.3) is 10.8 Å². The highest BCUT2D eigenvalue weighted by Crippen LogP contribution is 2.26. The molecule has 2 N–H and O–H groups in total. The summed E-state index contributed by atoms with van der Waals surface area (Å²) >= 11 is 0. The molecule has 0 fully saturated rings. The van der Waals surface area contributed by atoms with Crippen LogP contribution in [0.3, 0.4) is 0 Å². The summed E-state index contributed by atoms with van der Waals surface area (Å²) < 4.78 is 0. The van der Waals surface area contributed by atoms with Gasteiger partial charge in [0.15, 0.2) is 0 Å². The molecule has 0 aliphatic carbocycles. The molecule has 2 rings (SSSR count). The Hall–Kier alpha value is -2.54. The molecule has 0 bridgehead atoms. The van der Waals surface area contributed by atoms with E-state index >= 15 is 0 Å². The Morgan fingerprint density at radius 3 is 2.53 bits per heavy atom. The molecule has 19 heavy (non-hydrogen) atoms. The first-order valence-corrected chi connectivity index (χ1v) is 6.07. The zero-order valence-electron chi connectivity index (χ0n) is 10.9. The van der Waals surface area contributed by atoms with Gasteiger partial charge in [0.05, 0.1) is 11.6 Å². The third-order valence-corrected chi connectivity index (χ3v) is 3.06. The normalized spacial score (nSPS) is 11.6. The van der Waals surface area contributed by atoms with Crippen LogP contribution in [0.2, 0.25) is 0 Å². The maximum Gasteiger partial charge on any atom is 0.241 e. The smallest absolute Gasteiger partial charge is 0.241 e. The minimum absolute atomic E-state index is 0.0755. The lowest BCUT2D eigenvalue weighted by Crippen LogP contribution is -2.35. The van der Waals surface area contributed by atoms with Gasteiger partial charge in [-0.05, 0) is 19.1 Å². The number of rotatable bonds is 3. The summed E-state index contributed by atoms with van der Waals surface area (Å²) in [6, 6.07) is 13.1. The van der Waals surface area contributed by atoms with E-state index in [9.17, 15) is 4.79 Å². The average molecular weight is 253 g/mol. The second kappa shape index (κ2) is 5.40. The molecule has 1 unspecified atom stereocenters. The minimum Gasteiger partial charge on any atom is -0.373 e. The molecule has 1 amide bonds. The fraction of sp³-hybridized carbons (Fsp3) is 0.200. The summed E-state index contributed by atoms with van der Waals surface area (Å²) in [6.45, 7) is 1.80. The number of anilines is 1. The first-order valence-electron chi connectivity index (χ1n) is 6.07. The Bertz CT molecular complexity index is 658. The number of carbonyl (C=O) groups is 1. The molecule has 1 atom stereocenters. The summed E-state index contributed by atoms with van der Waals surface area (Å²) in [4.78, 5) is 11.5. The predicted octanol–water partition coefficient (Wildman–Crippen LogP) is 2.26. The monoisotopic (exact) mass is 253 g/mol. The van der Waals surface area contributed by atoms with E-state index < -0.39 is 0 Å². The van der Waals surface area contributed by atoms with E-state index in [0.29, 0.717) is 5.56 Å². The van der Waals surface area contributed by atoms with E-state index in [1.807, 2.05) is 30.3 Å². The maximum atomic E-state index is 11.5. The number of nitriles is 1. The van der Waals surface area contributed by atoms with Crippen molar-refractivity contribution >= 4 is 22.4 Å². The largest absolute Gasteiger partial charge is 0.373 e. The van der Waals surface area contributed by atoms with Crippen LogP contribution in [-0.4, -0.2) is 19.0 Å². The highest BCUT2D eigenvalue weighted by atomic mass is 16.2. The van der Waals surface area contributed by atoms with Crippen molar-refractivity contribution in [1.29, 1.82) is 5.26 Å². The second-order valence-corrected chi connectivity index (χ2v) is 4.30. The molecule has 4 heteroatoms. The van der Waals surface area contributed by atoms with Gasteiger partial charge in [0.25, 0.3) is 0 Å². The van der Waals surface area contributed by atoms with Gasteiger partial charge in [0.2, 0.25) is 5.91 Å². The fourth-order valence-electron chi connectivity index (χ4n) is 2.04. The summed E-state index contributed by atoms with van der Waals surface area (Å²) in [5, 5.41) is 16.7. The van der Waals surface area contributed by atoms with E-state index in [1.54, 1.807) is 20.0 Å². The lowest BCUT2D eigenvalue weighted by Gasteiger charge is -2.16. The maximum absolute atomic E-state index is 11.5. The van der Waals surface area contributed by atoms with Crippen molar-refractivity contribution in [2.45, 2.75) is 13.0 Å². The van der Waals surface area contributed by atoms with Crippen LogP contribution < -0.4 is 10.6 Å². The van der Waals surface area contributed by atoms with E-state index in [1.165, 1.54) is 0 Å². The van der Waals surface area contributed by atoms with Crippen LogP contribution in [0.5, 0.6) is 0 Å². The Morgan fingerprint density at radius 1 is 1.21 bits per heavy atom. The van der Waals surface area contributed by atoms with Crippen LogP contribution in [-0.2, 0) is 4.79 Å². The third kappa shape index (κ3) is 2.50. The van der Waals surface area contributed by atoms with Gasteiger partial charge >= 0.3 is 0 Å². The molecule has 0 aliphatic heterocycles. The lowest BCUT2D eigenvalue weighted by atomic mass is 10.0. The number of fused-ring (bicyclic) bond motifs is 1. The molecule has 2 aromatic rings. The average Bonchev–Trinajstić information content (AvgIpc) is 2.46. The van der Waals surface area contributed by atoms with Gasteiger partial charge in [-0.15, -0.1) is 0 Å². The Labute approximate surface area is 112 Å². The van der Waals surface area contributed by atoms with E-state index in [-0.39, 0.29) is 11.9 Å². The summed E-state index contributed by atoms with van der Waals surface area (Å²) in [7, 11) is 1.61. The van der Waals surface area contributed by atoms with Crippen LogP contribution >= 0.6 is 0 Å². The number of likely N-dealkylation sites (N-methyl/N-ethyl adjacent to an activating group) is 1. The second-order valence-electron chi connectivity index (χ2n) is 4.30. The van der Waals surface area contributed by atoms with Gasteiger partial charge in [0.1, 0.15) is 6.04 Å². The van der Waals surface area contributed by atoms with Crippen LogP contribution in [0, 0.1) is 11.3 Å². The number of amides is 1. The number of nitrogens with one attached hydrogen (secondary N) is 2. The molecule has 0 spiro atoms. The van der Waals surface area contributed by atoms with Crippen molar-refractivity contribution in [3.8, 4) is 6.07 Å². The minimum atomic E-state index is -0.332. The first kappa shape index (κ1) is 12.9. The highest BCUT2D eigenvalue weighted by Gasteiger charge is 2.12. The molecule has 0 saturated heterocycles. The number of hydrogen-bond donors (Lipinski definition) is 2. The van der Waals surface area contributed by atoms with Gasteiger partial charge in [-0.1, -0.05) is 24.3 Å². The molecule has 0 heterocycles.